The van der Waals surface area contributed by atoms with Crippen LogP contribution in [0.3, 0.4) is 0 Å². The van der Waals surface area contributed by atoms with Crippen LogP contribution >= 0.6 is 11.3 Å². The Morgan fingerprint density at radius 2 is 1.96 bits per heavy atom. The number of aromatic nitrogens is 1. The number of piperazine rings is 1. The van der Waals surface area contributed by atoms with E-state index in [-0.39, 0.29) is 11.3 Å². The Kier molecular flexibility index (Phi) is 6.17. The third-order valence-corrected chi connectivity index (χ3v) is 5.52. The van der Waals surface area contributed by atoms with Crippen molar-refractivity contribution < 1.29 is 9.53 Å². The topological polar surface area (TPSA) is 45.7 Å². The number of carbonyl (C=O) groups is 1. The average molecular weight is 388 g/mol. The lowest BCUT2D eigenvalue weighted by Crippen LogP contribution is -2.48. The van der Waals surface area contributed by atoms with Gasteiger partial charge in [0, 0.05) is 43.5 Å². The minimum Gasteiger partial charge on any atom is -0.497 e. The SMILES string of the molecule is COc1cccc(-c2csc(CN3CCN(C(=O)CC(C)(C)C)CC3)n2)c1. The smallest absolute Gasteiger partial charge is 0.223 e. The molecule has 1 aliphatic heterocycles. The minimum absolute atomic E-state index is 0.0472. The van der Waals surface area contributed by atoms with E-state index >= 15 is 0 Å². The number of nitrogens with zero attached hydrogens (tertiary/aromatic N) is 3. The maximum Gasteiger partial charge on any atom is 0.223 e. The Morgan fingerprint density at radius 1 is 1.22 bits per heavy atom. The predicted molar refractivity (Wildman–Crippen MR) is 110 cm³/mol. The van der Waals surface area contributed by atoms with Crippen LogP contribution in [0.1, 0.15) is 32.2 Å². The summed E-state index contributed by atoms with van der Waals surface area (Å²) < 4.78 is 5.30. The lowest BCUT2D eigenvalue weighted by molar-refractivity contribution is -0.134. The number of amides is 1. The van der Waals surface area contributed by atoms with Gasteiger partial charge in [-0.15, -0.1) is 11.3 Å². The lowest BCUT2D eigenvalue weighted by atomic mass is 9.91. The quantitative estimate of drug-likeness (QED) is 0.781. The highest BCUT2D eigenvalue weighted by atomic mass is 32.1. The summed E-state index contributed by atoms with van der Waals surface area (Å²) >= 11 is 1.69. The van der Waals surface area contributed by atoms with Crippen molar-refractivity contribution in [3.05, 3.63) is 34.7 Å². The normalized spacial score (nSPS) is 15.8. The van der Waals surface area contributed by atoms with Gasteiger partial charge in [-0.2, -0.15) is 0 Å². The van der Waals surface area contributed by atoms with Crippen molar-refractivity contribution in [1.82, 2.24) is 14.8 Å². The fourth-order valence-electron chi connectivity index (χ4n) is 3.21. The molecule has 0 saturated carbocycles. The molecule has 2 aromatic rings. The number of hydrogen-bond acceptors (Lipinski definition) is 5. The number of methoxy groups -OCH3 is 1. The van der Waals surface area contributed by atoms with Gasteiger partial charge in [-0.3, -0.25) is 9.69 Å². The standard InChI is InChI=1S/C21H29N3O2S/c1-21(2,3)13-20(25)24-10-8-23(9-11-24)14-19-22-18(15-27-19)16-6-5-7-17(12-16)26-4/h5-7,12,15H,8-11,13-14H2,1-4H3. The van der Waals surface area contributed by atoms with Crippen molar-refractivity contribution in [2.45, 2.75) is 33.7 Å². The maximum absolute atomic E-state index is 12.4. The molecule has 6 heteroatoms. The first-order valence-corrected chi connectivity index (χ1v) is 10.3. The van der Waals surface area contributed by atoms with E-state index in [1.807, 2.05) is 23.1 Å². The van der Waals surface area contributed by atoms with E-state index in [1.165, 1.54) is 0 Å². The van der Waals surface area contributed by atoms with E-state index in [2.05, 4.69) is 37.1 Å². The lowest BCUT2D eigenvalue weighted by Gasteiger charge is -2.35. The molecule has 0 unspecified atom stereocenters. The molecule has 5 nitrogen and oxygen atoms in total. The van der Waals surface area contributed by atoms with Gasteiger partial charge in [0.05, 0.1) is 19.3 Å². The maximum atomic E-state index is 12.4. The predicted octanol–water partition coefficient (Wildman–Crippen LogP) is 3.90. The molecule has 0 radical (unpaired) electrons. The van der Waals surface area contributed by atoms with E-state index in [4.69, 9.17) is 9.72 Å². The van der Waals surface area contributed by atoms with Gasteiger partial charge in [0.25, 0.3) is 0 Å². The fraction of sp³-hybridized carbons (Fsp3) is 0.524. The van der Waals surface area contributed by atoms with Gasteiger partial charge >= 0.3 is 0 Å². The van der Waals surface area contributed by atoms with Gasteiger partial charge < -0.3 is 9.64 Å². The molecule has 0 spiro atoms. The number of thiazole rings is 1. The van der Waals surface area contributed by atoms with Crippen LogP contribution in [0.5, 0.6) is 5.75 Å². The fourth-order valence-corrected chi connectivity index (χ4v) is 4.06. The van der Waals surface area contributed by atoms with Gasteiger partial charge in [-0.05, 0) is 17.5 Å². The van der Waals surface area contributed by atoms with Gasteiger partial charge in [-0.1, -0.05) is 32.9 Å². The number of hydrogen-bond donors (Lipinski definition) is 0. The Bertz CT molecular complexity index is 774. The molecule has 27 heavy (non-hydrogen) atoms. The van der Waals surface area contributed by atoms with E-state index in [1.54, 1.807) is 18.4 Å². The average Bonchev–Trinajstić information content (AvgIpc) is 3.09. The van der Waals surface area contributed by atoms with E-state index in [0.29, 0.717) is 6.42 Å². The Hall–Kier alpha value is -1.92. The number of carbonyl (C=O) groups excluding carboxylic acids is 1. The molecule has 1 saturated heterocycles. The molecule has 3 rings (SSSR count). The van der Waals surface area contributed by atoms with Crippen LogP contribution in [0.15, 0.2) is 29.6 Å². The molecule has 1 aliphatic rings. The van der Waals surface area contributed by atoms with Gasteiger partial charge in [0.2, 0.25) is 5.91 Å². The van der Waals surface area contributed by atoms with Crippen LogP contribution in [0, 0.1) is 5.41 Å². The second-order valence-corrected chi connectivity index (χ2v) is 9.20. The van der Waals surface area contributed by atoms with Crippen LogP contribution in [0.25, 0.3) is 11.3 Å². The van der Waals surface area contributed by atoms with Crippen molar-refractivity contribution in [2.75, 3.05) is 33.3 Å². The molecule has 0 bridgehead atoms. The van der Waals surface area contributed by atoms with Crippen LogP contribution in [0.4, 0.5) is 0 Å². The summed E-state index contributed by atoms with van der Waals surface area (Å²) in [5.41, 5.74) is 2.12. The zero-order valence-electron chi connectivity index (χ0n) is 16.7. The first-order valence-electron chi connectivity index (χ1n) is 9.43. The largest absolute Gasteiger partial charge is 0.497 e. The van der Waals surface area contributed by atoms with Crippen LogP contribution in [-0.2, 0) is 11.3 Å². The summed E-state index contributed by atoms with van der Waals surface area (Å²) in [6, 6.07) is 8.00. The first-order chi connectivity index (χ1) is 12.8. The summed E-state index contributed by atoms with van der Waals surface area (Å²) in [6.45, 7) is 10.6. The Morgan fingerprint density at radius 3 is 2.63 bits per heavy atom. The number of benzene rings is 1. The van der Waals surface area contributed by atoms with Gasteiger partial charge in [0.15, 0.2) is 0 Å². The van der Waals surface area contributed by atoms with Crippen molar-refractivity contribution in [1.29, 1.82) is 0 Å². The van der Waals surface area contributed by atoms with E-state index in [9.17, 15) is 4.79 Å². The molecule has 146 valence electrons. The molecular weight excluding hydrogens is 358 g/mol. The molecule has 2 heterocycles. The summed E-state index contributed by atoms with van der Waals surface area (Å²) in [5.74, 6) is 1.12. The Labute approximate surface area is 166 Å². The molecule has 0 aliphatic carbocycles. The highest BCUT2D eigenvalue weighted by Crippen LogP contribution is 2.26. The number of ether oxygens (including phenoxy) is 1. The monoisotopic (exact) mass is 387 g/mol. The van der Waals surface area contributed by atoms with Crippen molar-refractivity contribution in [3.63, 3.8) is 0 Å². The second-order valence-electron chi connectivity index (χ2n) is 8.25. The third kappa shape index (κ3) is 5.53. The summed E-state index contributed by atoms with van der Waals surface area (Å²) in [5, 5.41) is 3.22. The van der Waals surface area contributed by atoms with Crippen molar-refractivity contribution in [3.8, 4) is 17.0 Å². The second kappa shape index (κ2) is 8.40. The van der Waals surface area contributed by atoms with Gasteiger partial charge in [-0.25, -0.2) is 4.98 Å². The highest BCUT2D eigenvalue weighted by Gasteiger charge is 2.25. The van der Waals surface area contributed by atoms with Crippen molar-refractivity contribution >= 4 is 17.2 Å². The highest BCUT2D eigenvalue weighted by molar-refractivity contribution is 7.09. The molecule has 0 N–H and O–H groups in total. The molecule has 1 aromatic heterocycles. The molecule has 1 amide bonds. The minimum atomic E-state index is 0.0472. The summed E-state index contributed by atoms with van der Waals surface area (Å²) in [6.07, 6.45) is 0.614. The van der Waals surface area contributed by atoms with Crippen molar-refractivity contribution in [2.24, 2.45) is 5.41 Å². The zero-order chi connectivity index (χ0) is 19.4. The summed E-state index contributed by atoms with van der Waals surface area (Å²) in [4.78, 5) is 21.6. The first kappa shape index (κ1) is 19.8. The van der Waals surface area contributed by atoms with E-state index < -0.39 is 0 Å². The molecule has 0 atom stereocenters. The molecule has 1 fully saturated rings. The third-order valence-electron chi connectivity index (χ3n) is 4.68. The van der Waals surface area contributed by atoms with Crippen LogP contribution in [0.2, 0.25) is 0 Å². The Balaban J connectivity index is 1.54. The van der Waals surface area contributed by atoms with Crippen LogP contribution in [-0.4, -0.2) is 54.0 Å². The molecule has 1 aromatic carbocycles. The van der Waals surface area contributed by atoms with Crippen LogP contribution < -0.4 is 4.74 Å². The summed E-state index contributed by atoms with van der Waals surface area (Å²) in [7, 11) is 1.68. The molecular formula is C21H29N3O2S. The number of rotatable bonds is 5. The van der Waals surface area contributed by atoms with Gasteiger partial charge in [0.1, 0.15) is 10.8 Å². The van der Waals surface area contributed by atoms with E-state index in [0.717, 1.165) is 54.7 Å². The zero-order valence-corrected chi connectivity index (χ0v) is 17.5.